The second-order valence-electron chi connectivity index (χ2n) is 7.84. The minimum Gasteiger partial charge on any atom is -0.503 e. The third-order valence-corrected chi connectivity index (χ3v) is 5.57. The van der Waals surface area contributed by atoms with Gasteiger partial charge in [-0.25, -0.2) is 0 Å². The van der Waals surface area contributed by atoms with E-state index in [9.17, 15) is 38.0 Å². The van der Waals surface area contributed by atoms with Gasteiger partial charge in [-0.2, -0.15) is 13.2 Å². The molecule has 3 aromatic rings. The Hall–Kier alpha value is -4.73. The van der Waals surface area contributed by atoms with E-state index in [2.05, 4.69) is 0 Å². The molecule has 10 heteroatoms. The van der Waals surface area contributed by atoms with Crippen molar-refractivity contribution in [2.24, 2.45) is 0 Å². The summed E-state index contributed by atoms with van der Waals surface area (Å²) in [6.45, 7) is 0. The average Bonchev–Trinajstić information content (AvgIpc) is 3.13. The number of nitro groups is 1. The highest BCUT2D eigenvalue weighted by Crippen LogP contribution is 2.43. The topological polar surface area (TPSA) is 101 Å². The molecule has 0 radical (unpaired) electrons. The number of halogens is 3. The lowest BCUT2D eigenvalue weighted by atomic mass is 9.95. The van der Waals surface area contributed by atoms with E-state index in [0.717, 1.165) is 41.3 Å². The van der Waals surface area contributed by atoms with Gasteiger partial charge in [0, 0.05) is 17.8 Å². The fraction of sp³-hybridized carbons (Fsp3) is 0.0769. The molecule has 0 saturated heterocycles. The molecule has 0 saturated carbocycles. The number of nitro benzene ring substituents is 1. The fourth-order valence-electron chi connectivity index (χ4n) is 3.87. The predicted molar refractivity (Wildman–Crippen MR) is 125 cm³/mol. The average molecular weight is 494 g/mol. The number of aliphatic hydroxyl groups is 1. The molecule has 7 nitrogen and oxygen atoms in total. The van der Waals surface area contributed by atoms with Gasteiger partial charge in [-0.3, -0.25) is 24.6 Å². The molecule has 0 bridgehead atoms. The minimum atomic E-state index is -4.70. The molecule has 0 aromatic heterocycles. The van der Waals surface area contributed by atoms with Gasteiger partial charge in [0.25, 0.3) is 11.6 Å². The van der Waals surface area contributed by atoms with Crippen molar-refractivity contribution in [2.75, 3.05) is 4.90 Å². The number of carbonyl (C=O) groups is 2. The Kier molecular flexibility index (Phi) is 6.43. The zero-order valence-electron chi connectivity index (χ0n) is 18.3. The molecule has 0 fully saturated rings. The maximum Gasteiger partial charge on any atom is 0.416 e. The normalized spacial score (nSPS) is 16.1. The molecule has 182 valence electrons. The van der Waals surface area contributed by atoms with Crippen LogP contribution in [0.4, 0.5) is 24.5 Å². The summed E-state index contributed by atoms with van der Waals surface area (Å²) < 4.78 is 40.0. The van der Waals surface area contributed by atoms with E-state index in [0.29, 0.717) is 5.56 Å². The molecule has 1 atom stereocenters. The second kappa shape index (κ2) is 9.49. The number of alkyl halides is 3. The van der Waals surface area contributed by atoms with Gasteiger partial charge in [0.2, 0.25) is 0 Å². The van der Waals surface area contributed by atoms with Crippen LogP contribution in [-0.4, -0.2) is 21.7 Å². The maximum atomic E-state index is 13.3. The van der Waals surface area contributed by atoms with E-state index in [1.807, 2.05) is 0 Å². The standard InChI is InChI=1S/C26H17F3N2O5/c27-26(28,29)18-7-4-8-20(15-18)30-23(17-10-12-19(13-11-17)31(35)36)22(24(33)25(30)34)21(32)14-9-16-5-2-1-3-6-16/h1-15,23,33H. The van der Waals surface area contributed by atoms with E-state index in [1.165, 1.54) is 24.3 Å². The first-order chi connectivity index (χ1) is 17.1. The summed E-state index contributed by atoms with van der Waals surface area (Å²) in [6.07, 6.45) is -2.09. The van der Waals surface area contributed by atoms with Gasteiger partial charge in [0.15, 0.2) is 11.5 Å². The molecular formula is C26H17F3N2O5. The lowest BCUT2D eigenvalue weighted by Gasteiger charge is -2.27. The largest absolute Gasteiger partial charge is 0.503 e. The first-order valence-electron chi connectivity index (χ1n) is 10.5. The van der Waals surface area contributed by atoms with Crippen molar-refractivity contribution in [2.45, 2.75) is 12.2 Å². The summed E-state index contributed by atoms with van der Waals surface area (Å²) in [6, 6.07) is 16.1. The van der Waals surface area contributed by atoms with Crippen LogP contribution in [0.3, 0.4) is 0 Å². The van der Waals surface area contributed by atoms with Crippen molar-refractivity contribution in [3.8, 4) is 0 Å². The molecular weight excluding hydrogens is 477 g/mol. The highest BCUT2D eigenvalue weighted by molar-refractivity contribution is 6.19. The minimum absolute atomic E-state index is 0.187. The number of rotatable bonds is 6. The lowest BCUT2D eigenvalue weighted by Crippen LogP contribution is -2.31. The van der Waals surface area contributed by atoms with Crippen LogP contribution in [0.5, 0.6) is 0 Å². The molecule has 36 heavy (non-hydrogen) atoms. The van der Waals surface area contributed by atoms with E-state index in [-0.39, 0.29) is 22.5 Å². The zero-order chi connectivity index (χ0) is 26.0. The van der Waals surface area contributed by atoms with E-state index >= 15 is 0 Å². The number of hydrogen-bond donors (Lipinski definition) is 1. The molecule has 1 aliphatic rings. The van der Waals surface area contributed by atoms with Crippen molar-refractivity contribution in [3.63, 3.8) is 0 Å². The first kappa shape index (κ1) is 24.4. The third kappa shape index (κ3) is 4.74. The molecule has 4 rings (SSSR count). The Bertz CT molecular complexity index is 1400. The van der Waals surface area contributed by atoms with Gasteiger partial charge < -0.3 is 5.11 Å². The van der Waals surface area contributed by atoms with Gasteiger partial charge in [-0.15, -0.1) is 0 Å². The predicted octanol–water partition coefficient (Wildman–Crippen LogP) is 5.80. The van der Waals surface area contributed by atoms with Crippen LogP contribution >= 0.6 is 0 Å². The van der Waals surface area contributed by atoms with Crippen LogP contribution in [0.15, 0.2) is 96.3 Å². The monoisotopic (exact) mass is 494 g/mol. The molecule has 1 heterocycles. The number of carbonyl (C=O) groups excluding carboxylic acids is 2. The number of anilines is 1. The number of amides is 1. The maximum absolute atomic E-state index is 13.3. The summed E-state index contributed by atoms with van der Waals surface area (Å²) in [5, 5.41) is 21.7. The van der Waals surface area contributed by atoms with E-state index < -0.39 is 40.2 Å². The number of nitrogens with zero attached hydrogens (tertiary/aromatic N) is 2. The van der Waals surface area contributed by atoms with Crippen molar-refractivity contribution < 1.29 is 32.8 Å². The fourth-order valence-corrected chi connectivity index (χ4v) is 3.87. The van der Waals surface area contributed by atoms with Gasteiger partial charge in [-0.1, -0.05) is 42.5 Å². The Balaban J connectivity index is 1.82. The summed E-state index contributed by atoms with van der Waals surface area (Å²) in [7, 11) is 0. The molecule has 1 amide bonds. The Morgan fingerprint density at radius 1 is 1.00 bits per heavy atom. The van der Waals surface area contributed by atoms with Gasteiger partial charge >= 0.3 is 6.18 Å². The van der Waals surface area contributed by atoms with Crippen LogP contribution in [0.2, 0.25) is 0 Å². The molecule has 1 aliphatic heterocycles. The van der Waals surface area contributed by atoms with Crippen molar-refractivity contribution in [1.29, 1.82) is 0 Å². The van der Waals surface area contributed by atoms with Gasteiger partial charge in [-0.05, 0) is 47.5 Å². The first-order valence-corrected chi connectivity index (χ1v) is 10.5. The lowest BCUT2D eigenvalue weighted by molar-refractivity contribution is -0.384. The number of hydrogen-bond acceptors (Lipinski definition) is 5. The number of allylic oxidation sites excluding steroid dienone is 1. The zero-order valence-corrected chi connectivity index (χ0v) is 18.3. The van der Waals surface area contributed by atoms with Crippen molar-refractivity contribution >= 4 is 29.1 Å². The van der Waals surface area contributed by atoms with Crippen molar-refractivity contribution in [1.82, 2.24) is 0 Å². The Morgan fingerprint density at radius 3 is 2.28 bits per heavy atom. The highest BCUT2D eigenvalue weighted by atomic mass is 19.4. The Labute approximate surface area is 202 Å². The van der Waals surface area contributed by atoms with Gasteiger partial charge in [0.05, 0.1) is 22.1 Å². The summed E-state index contributed by atoms with van der Waals surface area (Å²) >= 11 is 0. The molecule has 1 N–H and O–H groups in total. The summed E-state index contributed by atoms with van der Waals surface area (Å²) in [4.78, 5) is 37.5. The van der Waals surface area contributed by atoms with Crippen LogP contribution in [0, 0.1) is 10.1 Å². The highest BCUT2D eigenvalue weighted by Gasteiger charge is 2.44. The van der Waals surface area contributed by atoms with Crippen molar-refractivity contribution in [3.05, 3.63) is 123 Å². The second-order valence-corrected chi connectivity index (χ2v) is 7.84. The molecule has 1 unspecified atom stereocenters. The Morgan fingerprint density at radius 2 is 1.67 bits per heavy atom. The van der Waals surface area contributed by atoms with Crippen LogP contribution in [0.25, 0.3) is 6.08 Å². The van der Waals surface area contributed by atoms with Gasteiger partial charge in [0.1, 0.15) is 0 Å². The SMILES string of the molecule is O=C(C=Cc1ccccc1)C1=C(O)C(=O)N(c2cccc(C(F)(F)F)c2)C1c1ccc([N+](=O)[O-])cc1. The van der Waals surface area contributed by atoms with Crippen LogP contribution in [0.1, 0.15) is 22.7 Å². The van der Waals surface area contributed by atoms with Crippen LogP contribution < -0.4 is 4.90 Å². The summed E-state index contributed by atoms with van der Waals surface area (Å²) in [5.74, 6) is -2.74. The number of non-ortho nitro benzene ring substituents is 1. The molecule has 0 spiro atoms. The molecule has 3 aromatic carbocycles. The third-order valence-electron chi connectivity index (χ3n) is 5.57. The number of ketones is 1. The van der Waals surface area contributed by atoms with Crippen LogP contribution in [-0.2, 0) is 15.8 Å². The van der Waals surface area contributed by atoms with E-state index in [4.69, 9.17) is 0 Å². The number of aliphatic hydroxyl groups excluding tert-OH is 1. The smallest absolute Gasteiger partial charge is 0.416 e. The molecule has 0 aliphatic carbocycles. The summed E-state index contributed by atoms with van der Waals surface area (Å²) in [5.41, 5.74) is -1.01. The quantitative estimate of drug-likeness (QED) is 0.265. The van der Waals surface area contributed by atoms with E-state index in [1.54, 1.807) is 30.3 Å². The number of benzene rings is 3.